The van der Waals surface area contributed by atoms with Crippen LogP contribution in [0.3, 0.4) is 0 Å². The SMILES string of the molecule is CCOC(=O)c1ccc(CNC(=NC)N2CCC(COCc3ccccc3)C2)cc1.I. The van der Waals surface area contributed by atoms with E-state index in [-0.39, 0.29) is 29.9 Å². The summed E-state index contributed by atoms with van der Waals surface area (Å²) in [5.74, 6) is 1.12. The molecule has 1 atom stereocenters. The number of benzene rings is 2. The van der Waals surface area contributed by atoms with Crippen molar-refractivity contribution >= 4 is 35.9 Å². The van der Waals surface area contributed by atoms with E-state index in [9.17, 15) is 4.79 Å². The average Bonchev–Trinajstić information content (AvgIpc) is 3.24. The second-order valence-electron chi connectivity index (χ2n) is 7.42. The molecule has 7 heteroatoms. The Bertz CT molecular complexity index is 828. The van der Waals surface area contributed by atoms with E-state index in [2.05, 4.69) is 27.3 Å². The Labute approximate surface area is 202 Å². The Hall–Kier alpha value is -2.13. The normalized spacial score (nSPS) is 16.0. The van der Waals surface area contributed by atoms with Gasteiger partial charge in [0.05, 0.1) is 25.4 Å². The van der Waals surface area contributed by atoms with E-state index in [1.807, 2.05) is 37.4 Å². The van der Waals surface area contributed by atoms with Crippen LogP contribution in [0, 0.1) is 5.92 Å². The largest absolute Gasteiger partial charge is 0.462 e. The second-order valence-corrected chi connectivity index (χ2v) is 7.42. The van der Waals surface area contributed by atoms with Crippen LogP contribution in [0.15, 0.2) is 59.6 Å². The molecule has 1 fully saturated rings. The summed E-state index contributed by atoms with van der Waals surface area (Å²) in [4.78, 5) is 18.5. The van der Waals surface area contributed by atoms with Crippen LogP contribution in [0.4, 0.5) is 0 Å². The molecule has 168 valence electrons. The zero-order chi connectivity index (χ0) is 21.2. The number of ether oxygens (including phenoxy) is 2. The molecule has 0 aliphatic carbocycles. The fraction of sp³-hybridized carbons (Fsp3) is 0.417. The number of guanidine groups is 1. The molecule has 1 heterocycles. The number of halogens is 1. The predicted molar refractivity (Wildman–Crippen MR) is 134 cm³/mol. The second kappa shape index (κ2) is 13.3. The van der Waals surface area contributed by atoms with Gasteiger partial charge in [0.15, 0.2) is 5.96 Å². The maximum absolute atomic E-state index is 11.8. The number of rotatable bonds is 8. The van der Waals surface area contributed by atoms with Crippen molar-refractivity contribution in [1.82, 2.24) is 10.2 Å². The third kappa shape index (κ3) is 7.81. The lowest BCUT2D eigenvalue weighted by Gasteiger charge is -2.22. The molecule has 0 spiro atoms. The van der Waals surface area contributed by atoms with Crippen LogP contribution in [0.1, 0.15) is 34.8 Å². The van der Waals surface area contributed by atoms with E-state index < -0.39 is 0 Å². The van der Waals surface area contributed by atoms with Crippen LogP contribution in [0.25, 0.3) is 0 Å². The van der Waals surface area contributed by atoms with Gasteiger partial charge in [-0.2, -0.15) is 0 Å². The summed E-state index contributed by atoms with van der Waals surface area (Å²) in [6, 6.07) is 17.8. The molecule has 0 saturated carbocycles. The molecule has 6 nitrogen and oxygen atoms in total. The maximum atomic E-state index is 11.8. The highest BCUT2D eigenvalue weighted by Crippen LogP contribution is 2.17. The number of hydrogen-bond acceptors (Lipinski definition) is 4. The topological polar surface area (TPSA) is 63.2 Å². The van der Waals surface area contributed by atoms with Crippen molar-refractivity contribution in [2.24, 2.45) is 10.9 Å². The minimum atomic E-state index is -0.287. The van der Waals surface area contributed by atoms with Crippen molar-refractivity contribution in [3.63, 3.8) is 0 Å². The van der Waals surface area contributed by atoms with Gasteiger partial charge in [0.25, 0.3) is 0 Å². The summed E-state index contributed by atoms with van der Waals surface area (Å²) >= 11 is 0. The Morgan fingerprint density at radius 2 is 1.87 bits per heavy atom. The van der Waals surface area contributed by atoms with Gasteiger partial charge in [0.1, 0.15) is 0 Å². The van der Waals surface area contributed by atoms with E-state index in [0.29, 0.717) is 31.2 Å². The molecule has 1 N–H and O–H groups in total. The fourth-order valence-electron chi connectivity index (χ4n) is 3.57. The Morgan fingerprint density at radius 3 is 2.55 bits per heavy atom. The van der Waals surface area contributed by atoms with E-state index in [0.717, 1.165) is 37.6 Å². The maximum Gasteiger partial charge on any atom is 0.338 e. The molecule has 31 heavy (non-hydrogen) atoms. The fourth-order valence-corrected chi connectivity index (χ4v) is 3.57. The van der Waals surface area contributed by atoms with Crippen LogP contribution in [-0.2, 0) is 22.6 Å². The summed E-state index contributed by atoms with van der Waals surface area (Å²) in [6.45, 7) is 6.18. The average molecular weight is 537 g/mol. The van der Waals surface area contributed by atoms with Crippen molar-refractivity contribution in [2.45, 2.75) is 26.5 Å². The molecule has 0 aromatic heterocycles. The van der Waals surface area contributed by atoms with Crippen molar-refractivity contribution in [1.29, 1.82) is 0 Å². The molecule has 0 radical (unpaired) electrons. The molecule has 0 amide bonds. The van der Waals surface area contributed by atoms with Crippen LogP contribution in [-0.4, -0.2) is 50.2 Å². The molecule has 1 aliphatic rings. The monoisotopic (exact) mass is 537 g/mol. The van der Waals surface area contributed by atoms with Crippen molar-refractivity contribution in [3.05, 3.63) is 71.3 Å². The lowest BCUT2D eigenvalue weighted by Crippen LogP contribution is -2.39. The van der Waals surface area contributed by atoms with E-state index >= 15 is 0 Å². The lowest BCUT2D eigenvalue weighted by atomic mass is 10.1. The molecule has 3 rings (SSSR count). The summed E-state index contributed by atoms with van der Waals surface area (Å²) in [5.41, 5.74) is 2.87. The molecular weight excluding hydrogens is 505 g/mol. The van der Waals surface area contributed by atoms with Gasteiger partial charge in [-0.25, -0.2) is 4.79 Å². The van der Waals surface area contributed by atoms with Crippen LogP contribution < -0.4 is 5.32 Å². The molecule has 1 unspecified atom stereocenters. The Kier molecular flexibility index (Phi) is 10.8. The summed E-state index contributed by atoms with van der Waals surface area (Å²) in [5, 5.41) is 3.42. The molecule has 2 aromatic rings. The first-order valence-corrected chi connectivity index (χ1v) is 10.5. The summed E-state index contributed by atoms with van der Waals surface area (Å²) in [7, 11) is 1.81. The number of nitrogens with zero attached hydrogens (tertiary/aromatic N) is 2. The quantitative estimate of drug-likeness (QED) is 0.238. The number of nitrogens with one attached hydrogen (secondary N) is 1. The van der Waals surface area contributed by atoms with Gasteiger partial charge in [-0.05, 0) is 36.6 Å². The van der Waals surface area contributed by atoms with E-state index in [4.69, 9.17) is 9.47 Å². The van der Waals surface area contributed by atoms with Gasteiger partial charge < -0.3 is 19.7 Å². The highest BCUT2D eigenvalue weighted by molar-refractivity contribution is 14.0. The molecule has 1 saturated heterocycles. The smallest absolute Gasteiger partial charge is 0.338 e. The zero-order valence-corrected chi connectivity index (χ0v) is 20.6. The molecular formula is C24H32IN3O3. The van der Waals surface area contributed by atoms with Gasteiger partial charge in [-0.1, -0.05) is 42.5 Å². The van der Waals surface area contributed by atoms with Crippen LogP contribution in [0.2, 0.25) is 0 Å². The molecule has 1 aliphatic heterocycles. The van der Waals surface area contributed by atoms with Crippen molar-refractivity contribution in [2.75, 3.05) is 33.4 Å². The third-order valence-corrected chi connectivity index (χ3v) is 5.18. The van der Waals surface area contributed by atoms with Crippen LogP contribution in [0.5, 0.6) is 0 Å². The van der Waals surface area contributed by atoms with Gasteiger partial charge in [-0.15, -0.1) is 24.0 Å². The third-order valence-electron chi connectivity index (χ3n) is 5.18. The Balaban J connectivity index is 0.00000341. The standard InChI is InChI=1S/C24H31N3O3.HI/c1-3-30-23(28)22-11-9-19(10-12-22)15-26-24(25-2)27-14-13-21(16-27)18-29-17-20-7-5-4-6-8-20;/h4-12,21H,3,13-18H2,1-2H3,(H,25,26);1H. The van der Waals surface area contributed by atoms with Gasteiger partial charge in [0, 0.05) is 32.6 Å². The van der Waals surface area contributed by atoms with Gasteiger partial charge >= 0.3 is 5.97 Å². The first-order valence-electron chi connectivity index (χ1n) is 10.5. The predicted octanol–water partition coefficient (Wildman–Crippen LogP) is 4.10. The van der Waals surface area contributed by atoms with E-state index in [1.54, 1.807) is 19.1 Å². The zero-order valence-electron chi connectivity index (χ0n) is 18.3. The van der Waals surface area contributed by atoms with Crippen molar-refractivity contribution in [3.8, 4) is 0 Å². The molecule has 2 aromatic carbocycles. The highest BCUT2D eigenvalue weighted by Gasteiger charge is 2.25. The van der Waals surface area contributed by atoms with Gasteiger partial charge in [0.2, 0.25) is 0 Å². The van der Waals surface area contributed by atoms with Crippen LogP contribution >= 0.6 is 24.0 Å². The number of carbonyl (C=O) groups excluding carboxylic acids is 1. The highest BCUT2D eigenvalue weighted by atomic mass is 127. The number of aliphatic imine (C=N–C) groups is 1. The van der Waals surface area contributed by atoms with E-state index in [1.165, 1.54) is 5.56 Å². The summed E-state index contributed by atoms with van der Waals surface area (Å²) in [6.07, 6.45) is 1.10. The first-order chi connectivity index (χ1) is 14.7. The molecule has 0 bridgehead atoms. The lowest BCUT2D eigenvalue weighted by molar-refractivity contribution is 0.0526. The minimum Gasteiger partial charge on any atom is -0.462 e. The van der Waals surface area contributed by atoms with Crippen molar-refractivity contribution < 1.29 is 14.3 Å². The minimum absolute atomic E-state index is 0. The number of carbonyl (C=O) groups is 1. The Morgan fingerprint density at radius 1 is 1.13 bits per heavy atom. The number of hydrogen-bond donors (Lipinski definition) is 1. The summed E-state index contributed by atoms with van der Waals surface area (Å²) < 4.78 is 10.9. The number of likely N-dealkylation sites (tertiary alicyclic amines) is 1. The number of esters is 1. The first kappa shape index (κ1) is 25.1. The van der Waals surface area contributed by atoms with Gasteiger partial charge in [-0.3, -0.25) is 4.99 Å².